The van der Waals surface area contributed by atoms with Gasteiger partial charge in [-0.15, -0.1) is 0 Å². The fraction of sp³-hybridized carbons (Fsp3) is 0.286. The Balaban J connectivity index is 2.21. The second kappa shape index (κ2) is 5.34. The van der Waals surface area contributed by atoms with E-state index in [-0.39, 0.29) is 0 Å². The minimum atomic E-state index is -0.434. The molecule has 1 atom stereocenters. The van der Waals surface area contributed by atoms with E-state index in [0.717, 1.165) is 17.8 Å². The molecule has 0 unspecified atom stereocenters. The highest BCUT2D eigenvalue weighted by molar-refractivity contribution is 7.07. The molecule has 1 aromatic carbocycles. The van der Waals surface area contributed by atoms with E-state index in [1.54, 1.807) is 18.3 Å². The van der Waals surface area contributed by atoms with Crippen molar-refractivity contribution in [3.63, 3.8) is 0 Å². The van der Waals surface area contributed by atoms with Gasteiger partial charge in [-0.25, -0.2) is 0 Å². The molecule has 0 amide bonds. The predicted molar refractivity (Wildman–Crippen MR) is 73.5 cm³/mol. The van der Waals surface area contributed by atoms with Crippen LogP contribution in [0.4, 0.5) is 5.69 Å². The summed E-state index contributed by atoms with van der Waals surface area (Å²) in [4.78, 5) is 2.17. The van der Waals surface area contributed by atoms with Crippen LogP contribution in [0, 0.1) is 0 Å². The van der Waals surface area contributed by atoms with Crippen LogP contribution in [-0.2, 0) is 6.54 Å². The van der Waals surface area contributed by atoms with E-state index in [2.05, 4.69) is 34.8 Å². The Labute approximate surface area is 106 Å². The van der Waals surface area contributed by atoms with Crippen LogP contribution in [0.15, 0.2) is 41.1 Å². The first-order valence-corrected chi connectivity index (χ1v) is 6.62. The monoisotopic (exact) mass is 247 g/mol. The molecule has 3 heteroatoms. The highest BCUT2D eigenvalue weighted by atomic mass is 32.1. The zero-order chi connectivity index (χ0) is 12.3. The molecule has 0 saturated carbocycles. The van der Waals surface area contributed by atoms with Gasteiger partial charge in [0, 0.05) is 24.8 Å². The van der Waals surface area contributed by atoms with Gasteiger partial charge in [-0.2, -0.15) is 11.3 Å². The summed E-state index contributed by atoms with van der Waals surface area (Å²) in [6, 6.07) is 10.1. The van der Waals surface area contributed by atoms with Crippen LogP contribution in [0.25, 0.3) is 0 Å². The van der Waals surface area contributed by atoms with Crippen molar-refractivity contribution in [1.29, 1.82) is 0 Å². The molecule has 0 fully saturated rings. The zero-order valence-corrected chi connectivity index (χ0v) is 10.9. The van der Waals surface area contributed by atoms with Crippen LogP contribution in [0.1, 0.15) is 24.2 Å². The normalized spacial score (nSPS) is 12.4. The van der Waals surface area contributed by atoms with Crippen LogP contribution in [0.2, 0.25) is 0 Å². The zero-order valence-electron chi connectivity index (χ0n) is 10.1. The van der Waals surface area contributed by atoms with Crippen molar-refractivity contribution in [3.05, 3.63) is 52.2 Å². The third kappa shape index (κ3) is 2.87. The molecule has 0 aliphatic carbocycles. The molecular formula is C14H17NOS. The third-order valence-corrected chi connectivity index (χ3v) is 3.53. The lowest BCUT2D eigenvalue weighted by atomic mass is 10.1. The van der Waals surface area contributed by atoms with Crippen LogP contribution in [0.3, 0.4) is 0 Å². The largest absolute Gasteiger partial charge is 0.389 e. The smallest absolute Gasteiger partial charge is 0.0781 e. The number of hydrogen-bond acceptors (Lipinski definition) is 3. The number of aliphatic hydroxyl groups is 1. The van der Waals surface area contributed by atoms with Gasteiger partial charge in [0.15, 0.2) is 0 Å². The minimum absolute atomic E-state index is 0.434. The first-order chi connectivity index (χ1) is 8.18. The standard InChI is InChI=1S/C14H17NOS/c1-11(16)13-5-3-4-6-14(13)15(2)9-12-7-8-17-10-12/h3-8,10-11,16H,9H2,1-2H3/t11-/m1/s1. The van der Waals surface area contributed by atoms with Crippen molar-refractivity contribution in [2.75, 3.05) is 11.9 Å². The second-order valence-electron chi connectivity index (χ2n) is 4.22. The van der Waals surface area contributed by atoms with Crippen molar-refractivity contribution in [1.82, 2.24) is 0 Å². The molecule has 90 valence electrons. The Hall–Kier alpha value is -1.32. The molecule has 2 rings (SSSR count). The fourth-order valence-electron chi connectivity index (χ4n) is 1.93. The van der Waals surface area contributed by atoms with E-state index >= 15 is 0 Å². The van der Waals surface area contributed by atoms with Crippen molar-refractivity contribution in [2.24, 2.45) is 0 Å². The molecule has 0 saturated heterocycles. The number of aliphatic hydroxyl groups excluding tert-OH is 1. The molecule has 2 aromatic rings. The summed E-state index contributed by atoms with van der Waals surface area (Å²) in [5.41, 5.74) is 3.37. The predicted octanol–water partition coefficient (Wildman–Crippen LogP) is 3.44. The summed E-state index contributed by atoms with van der Waals surface area (Å²) in [6.07, 6.45) is -0.434. The molecule has 1 aromatic heterocycles. The topological polar surface area (TPSA) is 23.5 Å². The van der Waals surface area contributed by atoms with E-state index in [0.29, 0.717) is 0 Å². The number of rotatable bonds is 4. The van der Waals surface area contributed by atoms with E-state index in [1.807, 2.05) is 18.2 Å². The maximum atomic E-state index is 9.75. The average molecular weight is 247 g/mol. The van der Waals surface area contributed by atoms with Gasteiger partial charge >= 0.3 is 0 Å². The van der Waals surface area contributed by atoms with Gasteiger partial charge < -0.3 is 10.0 Å². The number of hydrogen-bond donors (Lipinski definition) is 1. The maximum Gasteiger partial charge on any atom is 0.0781 e. The lowest BCUT2D eigenvalue weighted by Crippen LogP contribution is -2.18. The van der Waals surface area contributed by atoms with Crippen molar-refractivity contribution >= 4 is 17.0 Å². The Morgan fingerprint density at radius 2 is 2.06 bits per heavy atom. The van der Waals surface area contributed by atoms with Crippen molar-refractivity contribution < 1.29 is 5.11 Å². The van der Waals surface area contributed by atoms with Crippen molar-refractivity contribution in [2.45, 2.75) is 19.6 Å². The van der Waals surface area contributed by atoms with Crippen LogP contribution in [-0.4, -0.2) is 12.2 Å². The fourth-order valence-corrected chi connectivity index (χ4v) is 2.59. The maximum absolute atomic E-state index is 9.75. The quantitative estimate of drug-likeness (QED) is 0.894. The Morgan fingerprint density at radius 3 is 2.71 bits per heavy atom. The molecule has 17 heavy (non-hydrogen) atoms. The summed E-state index contributed by atoms with van der Waals surface area (Å²) in [5, 5.41) is 14.0. The van der Waals surface area contributed by atoms with Gasteiger partial charge in [-0.1, -0.05) is 18.2 Å². The molecule has 0 aliphatic rings. The molecule has 2 nitrogen and oxygen atoms in total. The first-order valence-electron chi connectivity index (χ1n) is 5.67. The van der Waals surface area contributed by atoms with Crippen LogP contribution in [0.5, 0.6) is 0 Å². The Bertz CT molecular complexity index is 465. The number of thiophene rings is 1. The lowest BCUT2D eigenvalue weighted by molar-refractivity contribution is 0.199. The Morgan fingerprint density at radius 1 is 1.29 bits per heavy atom. The minimum Gasteiger partial charge on any atom is -0.389 e. The summed E-state index contributed by atoms with van der Waals surface area (Å²) < 4.78 is 0. The number of nitrogens with zero attached hydrogens (tertiary/aromatic N) is 1. The van der Waals surface area contributed by atoms with Gasteiger partial charge in [-0.3, -0.25) is 0 Å². The molecule has 1 heterocycles. The molecule has 0 radical (unpaired) electrons. The third-order valence-electron chi connectivity index (χ3n) is 2.80. The van der Waals surface area contributed by atoms with Crippen LogP contribution >= 0.6 is 11.3 Å². The average Bonchev–Trinajstić information content (AvgIpc) is 2.81. The molecular weight excluding hydrogens is 230 g/mol. The van der Waals surface area contributed by atoms with Crippen molar-refractivity contribution in [3.8, 4) is 0 Å². The highest BCUT2D eigenvalue weighted by Gasteiger charge is 2.11. The summed E-state index contributed by atoms with van der Waals surface area (Å²) in [5.74, 6) is 0. The van der Waals surface area contributed by atoms with Gasteiger partial charge in [-0.05, 0) is 35.4 Å². The van der Waals surface area contributed by atoms with E-state index in [4.69, 9.17) is 0 Å². The SMILES string of the molecule is C[C@@H](O)c1ccccc1N(C)Cc1ccsc1. The second-order valence-corrected chi connectivity index (χ2v) is 5.00. The molecule has 0 bridgehead atoms. The highest BCUT2D eigenvalue weighted by Crippen LogP contribution is 2.26. The number of para-hydroxylation sites is 1. The van der Waals surface area contributed by atoms with E-state index in [1.165, 1.54) is 5.56 Å². The molecule has 0 aliphatic heterocycles. The first kappa shape index (κ1) is 12.1. The van der Waals surface area contributed by atoms with Gasteiger partial charge in [0.2, 0.25) is 0 Å². The lowest BCUT2D eigenvalue weighted by Gasteiger charge is -2.23. The Kier molecular flexibility index (Phi) is 3.82. The summed E-state index contributed by atoms with van der Waals surface area (Å²) >= 11 is 1.71. The van der Waals surface area contributed by atoms with E-state index in [9.17, 15) is 5.11 Å². The van der Waals surface area contributed by atoms with Gasteiger partial charge in [0.05, 0.1) is 6.10 Å². The van der Waals surface area contributed by atoms with Gasteiger partial charge in [0.25, 0.3) is 0 Å². The summed E-state index contributed by atoms with van der Waals surface area (Å²) in [6.45, 7) is 2.67. The molecule has 1 N–H and O–H groups in total. The number of benzene rings is 1. The van der Waals surface area contributed by atoms with E-state index < -0.39 is 6.10 Å². The molecule has 0 spiro atoms. The summed E-state index contributed by atoms with van der Waals surface area (Å²) in [7, 11) is 2.05. The number of anilines is 1. The van der Waals surface area contributed by atoms with Gasteiger partial charge in [0.1, 0.15) is 0 Å². The van der Waals surface area contributed by atoms with Crippen LogP contribution < -0.4 is 4.90 Å².